The largest absolute Gasteiger partial charge is 0.478 e. The van der Waals surface area contributed by atoms with Gasteiger partial charge < -0.3 is 19.5 Å². The zero-order chi connectivity index (χ0) is 27.4. The summed E-state index contributed by atoms with van der Waals surface area (Å²) < 4.78 is 37.5. The fraction of sp³-hybridized carbons (Fsp3) is 0.214. The van der Waals surface area contributed by atoms with Crippen molar-refractivity contribution in [3.63, 3.8) is 0 Å². The lowest BCUT2D eigenvalue weighted by Crippen LogP contribution is -2.33. The molecule has 0 saturated heterocycles. The number of halogens is 3. The van der Waals surface area contributed by atoms with Crippen molar-refractivity contribution in [2.24, 2.45) is 0 Å². The SMILES string of the molecule is CCC(O)(COC)c1c(-c2ccc(C(=O)O)c(C)c2)c2c(F)c3[nH]ncc3cc2n1-c1ccc(F)c(Cl)c1. The molecule has 5 rings (SSSR count). The lowest BCUT2D eigenvalue weighted by atomic mass is 9.88. The highest BCUT2D eigenvalue weighted by Crippen LogP contribution is 2.46. The van der Waals surface area contributed by atoms with E-state index in [9.17, 15) is 19.4 Å². The van der Waals surface area contributed by atoms with Crippen LogP contribution >= 0.6 is 11.6 Å². The van der Waals surface area contributed by atoms with Gasteiger partial charge in [0.15, 0.2) is 5.82 Å². The summed E-state index contributed by atoms with van der Waals surface area (Å²) in [5.74, 6) is -2.32. The Morgan fingerprint density at radius 1 is 1.21 bits per heavy atom. The number of ether oxygens (including phenoxy) is 1. The van der Waals surface area contributed by atoms with Crippen molar-refractivity contribution >= 4 is 39.4 Å². The van der Waals surface area contributed by atoms with E-state index in [4.69, 9.17) is 16.3 Å². The van der Waals surface area contributed by atoms with Crippen molar-refractivity contribution in [1.82, 2.24) is 14.8 Å². The monoisotopic (exact) mass is 539 g/mol. The molecular weight excluding hydrogens is 516 g/mol. The third-order valence-electron chi connectivity index (χ3n) is 6.92. The maximum Gasteiger partial charge on any atom is 0.335 e. The van der Waals surface area contributed by atoms with Crippen molar-refractivity contribution < 1.29 is 28.5 Å². The third kappa shape index (κ3) is 3.94. The zero-order valence-electron chi connectivity index (χ0n) is 20.8. The van der Waals surface area contributed by atoms with Crippen molar-refractivity contribution in [1.29, 1.82) is 0 Å². The van der Waals surface area contributed by atoms with Crippen LogP contribution in [-0.4, -0.2) is 44.7 Å². The number of aromatic amines is 1. The number of carbonyl (C=O) groups is 1. The first-order chi connectivity index (χ1) is 18.1. The first-order valence-electron chi connectivity index (χ1n) is 11.8. The predicted octanol–water partition coefficient (Wildman–Crippen LogP) is 6.36. The highest BCUT2D eigenvalue weighted by atomic mass is 35.5. The maximum atomic E-state index is 16.3. The number of carboxylic acids is 1. The van der Waals surface area contributed by atoms with Crippen molar-refractivity contribution in [3.8, 4) is 16.8 Å². The van der Waals surface area contributed by atoms with E-state index in [1.807, 2.05) is 0 Å². The summed E-state index contributed by atoms with van der Waals surface area (Å²) in [6, 6.07) is 10.5. The van der Waals surface area contributed by atoms with Crippen LogP contribution in [0.4, 0.5) is 8.78 Å². The Labute approximate surface area is 221 Å². The van der Waals surface area contributed by atoms with Gasteiger partial charge >= 0.3 is 5.97 Å². The van der Waals surface area contributed by atoms with E-state index in [1.165, 1.54) is 37.6 Å². The number of carboxylic acid groups (broad SMARTS) is 1. The number of aromatic nitrogens is 3. The van der Waals surface area contributed by atoms with Gasteiger partial charge in [-0.3, -0.25) is 5.10 Å². The van der Waals surface area contributed by atoms with Crippen LogP contribution in [0.15, 0.2) is 48.7 Å². The number of nitrogens with zero attached hydrogens (tertiary/aromatic N) is 2. The van der Waals surface area contributed by atoms with E-state index >= 15 is 4.39 Å². The van der Waals surface area contributed by atoms with Gasteiger partial charge in [-0.1, -0.05) is 30.7 Å². The molecule has 0 spiro atoms. The van der Waals surface area contributed by atoms with E-state index in [-0.39, 0.29) is 34.5 Å². The molecule has 0 aliphatic heterocycles. The Bertz CT molecular complexity index is 1730. The molecule has 0 radical (unpaired) electrons. The van der Waals surface area contributed by atoms with Gasteiger partial charge in [0, 0.05) is 29.1 Å². The molecule has 38 heavy (non-hydrogen) atoms. The molecule has 0 amide bonds. The van der Waals surface area contributed by atoms with Crippen LogP contribution in [0.3, 0.4) is 0 Å². The number of hydrogen-bond donors (Lipinski definition) is 3. The summed E-state index contributed by atoms with van der Waals surface area (Å²) in [7, 11) is 1.45. The number of nitrogens with one attached hydrogen (secondary N) is 1. The summed E-state index contributed by atoms with van der Waals surface area (Å²) in [6.07, 6.45) is 1.67. The number of aryl methyl sites for hydroxylation is 1. The number of H-pyrrole nitrogens is 1. The van der Waals surface area contributed by atoms with Gasteiger partial charge in [-0.05, 0) is 54.8 Å². The molecule has 1 unspecified atom stereocenters. The summed E-state index contributed by atoms with van der Waals surface area (Å²) >= 11 is 6.16. The lowest BCUT2D eigenvalue weighted by Gasteiger charge is -2.30. The average molecular weight is 540 g/mol. The summed E-state index contributed by atoms with van der Waals surface area (Å²) in [5.41, 5.74) is 1.01. The van der Waals surface area contributed by atoms with Crippen LogP contribution in [0.1, 0.15) is 35.0 Å². The summed E-state index contributed by atoms with van der Waals surface area (Å²) in [4.78, 5) is 11.7. The van der Waals surface area contributed by atoms with E-state index < -0.39 is 23.2 Å². The van der Waals surface area contributed by atoms with Crippen LogP contribution in [0.5, 0.6) is 0 Å². The Morgan fingerprint density at radius 2 is 1.97 bits per heavy atom. The molecule has 1 atom stereocenters. The number of methoxy groups -OCH3 is 1. The van der Waals surface area contributed by atoms with Crippen LogP contribution < -0.4 is 0 Å². The Kier molecular flexibility index (Phi) is 6.46. The fourth-order valence-electron chi connectivity index (χ4n) is 5.05. The van der Waals surface area contributed by atoms with Crippen LogP contribution in [0.25, 0.3) is 38.6 Å². The minimum Gasteiger partial charge on any atom is -0.478 e. The van der Waals surface area contributed by atoms with Gasteiger partial charge in [0.1, 0.15) is 16.9 Å². The molecule has 7 nitrogen and oxygen atoms in total. The van der Waals surface area contributed by atoms with Gasteiger partial charge in [0.25, 0.3) is 0 Å². The van der Waals surface area contributed by atoms with Gasteiger partial charge in [0.05, 0.1) is 34.6 Å². The standard InChI is InChI=1S/C28H24ClF2N3O4/c1-4-28(37,13-38-3)26-22(15-5-7-18(27(35)36)14(2)9-15)23-21(10-16-12-32-33-25(16)24(23)31)34(26)17-6-8-20(30)19(29)11-17/h5-12,37H,4,13H2,1-3H3,(H,32,33)(H,35,36). The molecule has 3 N–H and O–H groups in total. The van der Waals surface area contributed by atoms with E-state index in [0.29, 0.717) is 39.0 Å². The molecule has 2 heterocycles. The number of aliphatic hydroxyl groups is 1. The summed E-state index contributed by atoms with van der Waals surface area (Å²) in [6.45, 7) is 3.29. The van der Waals surface area contributed by atoms with Gasteiger partial charge in [-0.2, -0.15) is 5.10 Å². The smallest absolute Gasteiger partial charge is 0.335 e. The molecule has 2 aromatic heterocycles. The molecule has 0 fully saturated rings. The number of aromatic carboxylic acids is 1. The van der Waals surface area contributed by atoms with Gasteiger partial charge in [-0.15, -0.1) is 0 Å². The molecule has 0 aliphatic carbocycles. The molecule has 10 heteroatoms. The quantitative estimate of drug-likeness (QED) is 0.223. The van der Waals surface area contributed by atoms with E-state index in [1.54, 1.807) is 36.6 Å². The minimum atomic E-state index is -1.62. The topological polar surface area (TPSA) is 100 Å². The van der Waals surface area contributed by atoms with Gasteiger partial charge in [-0.25, -0.2) is 13.6 Å². The highest BCUT2D eigenvalue weighted by molar-refractivity contribution is 6.31. The Balaban J connectivity index is 2.03. The minimum absolute atomic E-state index is 0.100. The fourth-order valence-corrected chi connectivity index (χ4v) is 5.23. The lowest BCUT2D eigenvalue weighted by molar-refractivity contribution is -0.0422. The number of fused-ring (bicyclic) bond motifs is 2. The Hall–Kier alpha value is -3.79. The van der Waals surface area contributed by atoms with Crippen molar-refractivity contribution in [2.45, 2.75) is 25.9 Å². The molecule has 0 saturated carbocycles. The highest BCUT2D eigenvalue weighted by Gasteiger charge is 2.38. The average Bonchev–Trinajstić information content (AvgIpc) is 3.49. The first-order valence-corrected chi connectivity index (χ1v) is 12.2. The predicted molar refractivity (Wildman–Crippen MR) is 141 cm³/mol. The second-order valence-electron chi connectivity index (χ2n) is 9.23. The molecular formula is C28H24ClF2N3O4. The molecule has 0 aliphatic rings. The van der Waals surface area contributed by atoms with E-state index in [2.05, 4.69) is 10.2 Å². The normalized spacial score (nSPS) is 13.3. The van der Waals surface area contributed by atoms with Crippen molar-refractivity contribution in [3.05, 3.63) is 82.1 Å². The second kappa shape index (κ2) is 9.50. The number of rotatable bonds is 7. The van der Waals surface area contributed by atoms with Crippen LogP contribution in [0.2, 0.25) is 5.02 Å². The number of hydrogen-bond acceptors (Lipinski definition) is 4. The zero-order valence-corrected chi connectivity index (χ0v) is 21.5. The number of benzene rings is 3. The Morgan fingerprint density at radius 3 is 2.61 bits per heavy atom. The van der Waals surface area contributed by atoms with E-state index in [0.717, 1.165) is 0 Å². The van der Waals surface area contributed by atoms with Crippen LogP contribution in [0, 0.1) is 18.6 Å². The van der Waals surface area contributed by atoms with Gasteiger partial charge in [0.2, 0.25) is 0 Å². The second-order valence-corrected chi connectivity index (χ2v) is 9.64. The van der Waals surface area contributed by atoms with Crippen LogP contribution in [-0.2, 0) is 10.3 Å². The summed E-state index contributed by atoms with van der Waals surface area (Å²) in [5, 5.41) is 28.7. The molecule has 5 aromatic rings. The third-order valence-corrected chi connectivity index (χ3v) is 7.21. The maximum absolute atomic E-state index is 16.3. The first kappa shape index (κ1) is 25.8. The molecule has 196 valence electrons. The van der Waals surface area contributed by atoms with Crippen molar-refractivity contribution in [2.75, 3.05) is 13.7 Å². The molecule has 3 aromatic carbocycles. The molecule has 0 bridgehead atoms.